The highest BCUT2D eigenvalue weighted by Gasteiger charge is 2.06. The molecule has 0 radical (unpaired) electrons. The van der Waals surface area contributed by atoms with Crippen LogP contribution in [-0.4, -0.2) is 16.6 Å². The highest BCUT2D eigenvalue weighted by Crippen LogP contribution is 2.24. The molecule has 0 aliphatic carbocycles. The Labute approximate surface area is 127 Å². The third kappa shape index (κ3) is 3.93. The predicted octanol–water partition coefficient (Wildman–Crippen LogP) is 4.33. The summed E-state index contributed by atoms with van der Waals surface area (Å²) < 4.78 is 6.18. The van der Waals surface area contributed by atoms with Crippen LogP contribution in [0, 0.1) is 0 Å². The summed E-state index contributed by atoms with van der Waals surface area (Å²) in [7, 11) is 0. The van der Waals surface area contributed by atoms with E-state index in [0.717, 1.165) is 23.0 Å². The number of hydrogen-bond acceptors (Lipinski definition) is 4. The summed E-state index contributed by atoms with van der Waals surface area (Å²) in [5.41, 5.74) is 2.31. The second kappa shape index (κ2) is 7.24. The Hall–Kier alpha value is -1.62. The minimum atomic E-state index is 0.528. The van der Waals surface area contributed by atoms with E-state index >= 15 is 0 Å². The molecule has 0 aliphatic heterocycles. The maximum atomic E-state index is 5.43. The molecule has 0 amide bonds. The summed E-state index contributed by atoms with van der Waals surface area (Å²) in [6.07, 6.45) is 3.94. The van der Waals surface area contributed by atoms with Crippen molar-refractivity contribution in [1.29, 1.82) is 0 Å². The van der Waals surface area contributed by atoms with E-state index in [1.807, 2.05) is 19.1 Å². The lowest BCUT2D eigenvalue weighted by molar-refractivity contribution is 0.324. The molecule has 0 bridgehead atoms. The maximum absolute atomic E-state index is 5.43. The zero-order chi connectivity index (χ0) is 14.4. The standard InChI is InChI=1S/C15H18BrN3O/c1-3-5-11-6-8-12(9-7-11)18-15-17-10-13(16)14(19-15)20-4-2/h6-10H,3-5H2,1-2H3,(H,17,18,19). The summed E-state index contributed by atoms with van der Waals surface area (Å²) in [6.45, 7) is 4.67. The van der Waals surface area contributed by atoms with Crippen molar-refractivity contribution in [2.24, 2.45) is 0 Å². The molecule has 2 rings (SSSR count). The number of nitrogens with zero attached hydrogens (tertiary/aromatic N) is 2. The van der Waals surface area contributed by atoms with Gasteiger partial charge in [0.2, 0.25) is 11.8 Å². The van der Waals surface area contributed by atoms with Gasteiger partial charge in [0.1, 0.15) is 0 Å². The maximum Gasteiger partial charge on any atom is 0.232 e. The lowest BCUT2D eigenvalue weighted by Crippen LogP contribution is -2.01. The molecule has 106 valence electrons. The number of benzene rings is 1. The SMILES string of the molecule is CCCc1ccc(Nc2ncc(Br)c(OCC)n2)cc1. The lowest BCUT2D eigenvalue weighted by atomic mass is 10.1. The molecule has 0 spiro atoms. The average molecular weight is 336 g/mol. The first-order valence-corrected chi connectivity index (χ1v) is 7.53. The first-order chi connectivity index (χ1) is 9.72. The molecule has 0 atom stereocenters. The molecule has 4 nitrogen and oxygen atoms in total. The van der Waals surface area contributed by atoms with Crippen LogP contribution in [0.2, 0.25) is 0 Å². The van der Waals surface area contributed by atoms with Crippen LogP contribution in [-0.2, 0) is 6.42 Å². The molecule has 0 unspecified atom stereocenters. The van der Waals surface area contributed by atoms with Crippen LogP contribution in [0.4, 0.5) is 11.6 Å². The zero-order valence-electron chi connectivity index (χ0n) is 11.7. The van der Waals surface area contributed by atoms with Crippen molar-refractivity contribution in [1.82, 2.24) is 9.97 Å². The van der Waals surface area contributed by atoms with Gasteiger partial charge >= 0.3 is 0 Å². The fourth-order valence-corrected chi connectivity index (χ4v) is 2.13. The van der Waals surface area contributed by atoms with E-state index in [9.17, 15) is 0 Å². The van der Waals surface area contributed by atoms with Gasteiger partial charge in [-0.15, -0.1) is 0 Å². The number of aryl methyl sites for hydroxylation is 1. The van der Waals surface area contributed by atoms with Crippen molar-refractivity contribution in [3.8, 4) is 5.88 Å². The predicted molar refractivity (Wildman–Crippen MR) is 84.6 cm³/mol. The van der Waals surface area contributed by atoms with E-state index in [1.165, 1.54) is 5.56 Å². The fourth-order valence-electron chi connectivity index (χ4n) is 1.82. The van der Waals surface area contributed by atoms with Gasteiger partial charge in [-0.1, -0.05) is 25.5 Å². The van der Waals surface area contributed by atoms with Gasteiger partial charge in [-0.05, 0) is 47.0 Å². The van der Waals surface area contributed by atoms with E-state index in [-0.39, 0.29) is 0 Å². The molecular formula is C15H18BrN3O. The highest BCUT2D eigenvalue weighted by molar-refractivity contribution is 9.10. The van der Waals surface area contributed by atoms with Gasteiger partial charge in [-0.2, -0.15) is 4.98 Å². The fraction of sp³-hybridized carbons (Fsp3) is 0.333. The number of aromatic nitrogens is 2. The molecule has 20 heavy (non-hydrogen) atoms. The Bertz CT molecular complexity index is 558. The van der Waals surface area contributed by atoms with Crippen LogP contribution in [0.3, 0.4) is 0 Å². The topological polar surface area (TPSA) is 47.0 Å². The molecule has 1 heterocycles. The summed E-state index contributed by atoms with van der Waals surface area (Å²) >= 11 is 3.37. The van der Waals surface area contributed by atoms with Crippen LogP contribution < -0.4 is 10.1 Å². The molecular weight excluding hydrogens is 318 g/mol. The van der Waals surface area contributed by atoms with Crippen LogP contribution in [0.25, 0.3) is 0 Å². The summed E-state index contributed by atoms with van der Waals surface area (Å²) in [5, 5.41) is 3.18. The average Bonchev–Trinajstić information content (AvgIpc) is 2.45. The normalized spacial score (nSPS) is 10.3. The smallest absolute Gasteiger partial charge is 0.232 e. The van der Waals surface area contributed by atoms with Crippen molar-refractivity contribution >= 4 is 27.6 Å². The van der Waals surface area contributed by atoms with E-state index in [1.54, 1.807) is 6.20 Å². The van der Waals surface area contributed by atoms with Crippen molar-refractivity contribution in [2.45, 2.75) is 26.7 Å². The summed E-state index contributed by atoms with van der Waals surface area (Å²) in [5.74, 6) is 1.08. The Kier molecular flexibility index (Phi) is 5.35. The molecule has 1 aromatic heterocycles. The van der Waals surface area contributed by atoms with Gasteiger partial charge in [0.05, 0.1) is 17.3 Å². The third-order valence-electron chi connectivity index (χ3n) is 2.74. The summed E-state index contributed by atoms with van der Waals surface area (Å²) in [6, 6.07) is 8.32. The molecule has 0 aliphatic rings. The number of halogens is 1. The Morgan fingerprint density at radius 3 is 2.60 bits per heavy atom. The van der Waals surface area contributed by atoms with Gasteiger partial charge in [0.25, 0.3) is 0 Å². The minimum Gasteiger partial charge on any atom is -0.477 e. The third-order valence-corrected chi connectivity index (χ3v) is 3.29. The number of nitrogens with one attached hydrogen (secondary N) is 1. The minimum absolute atomic E-state index is 0.528. The Morgan fingerprint density at radius 1 is 1.20 bits per heavy atom. The number of anilines is 2. The van der Waals surface area contributed by atoms with Gasteiger partial charge < -0.3 is 10.1 Å². The molecule has 2 aromatic rings. The van der Waals surface area contributed by atoms with Crippen molar-refractivity contribution in [3.05, 3.63) is 40.5 Å². The highest BCUT2D eigenvalue weighted by atomic mass is 79.9. The number of hydrogen-bond donors (Lipinski definition) is 1. The van der Waals surface area contributed by atoms with E-state index in [4.69, 9.17) is 4.74 Å². The van der Waals surface area contributed by atoms with Crippen molar-refractivity contribution < 1.29 is 4.74 Å². The van der Waals surface area contributed by atoms with E-state index in [2.05, 4.69) is 50.3 Å². The van der Waals surface area contributed by atoms with Gasteiger partial charge in [-0.3, -0.25) is 0 Å². The molecule has 0 fully saturated rings. The summed E-state index contributed by atoms with van der Waals surface area (Å²) in [4.78, 5) is 8.55. The van der Waals surface area contributed by atoms with Crippen molar-refractivity contribution in [3.63, 3.8) is 0 Å². The van der Waals surface area contributed by atoms with Crippen LogP contribution in [0.15, 0.2) is 34.9 Å². The molecule has 1 aromatic carbocycles. The van der Waals surface area contributed by atoms with Crippen LogP contribution in [0.1, 0.15) is 25.8 Å². The van der Waals surface area contributed by atoms with Gasteiger partial charge in [-0.25, -0.2) is 4.98 Å². The van der Waals surface area contributed by atoms with Gasteiger partial charge in [0.15, 0.2) is 0 Å². The second-order valence-corrected chi connectivity index (χ2v) is 5.21. The lowest BCUT2D eigenvalue weighted by Gasteiger charge is -2.09. The molecule has 5 heteroatoms. The molecule has 0 saturated carbocycles. The molecule has 0 saturated heterocycles. The largest absolute Gasteiger partial charge is 0.477 e. The number of rotatable bonds is 6. The van der Waals surface area contributed by atoms with E-state index in [0.29, 0.717) is 18.4 Å². The van der Waals surface area contributed by atoms with Gasteiger partial charge in [0, 0.05) is 5.69 Å². The first kappa shape index (κ1) is 14.8. The second-order valence-electron chi connectivity index (χ2n) is 4.35. The number of ether oxygens (including phenoxy) is 1. The van der Waals surface area contributed by atoms with Crippen LogP contribution in [0.5, 0.6) is 5.88 Å². The quantitative estimate of drug-likeness (QED) is 0.853. The monoisotopic (exact) mass is 335 g/mol. The van der Waals surface area contributed by atoms with Crippen LogP contribution >= 0.6 is 15.9 Å². The van der Waals surface area contributed by atoms with E-state index < -0.39 is 0 Å². The molecule has 1 N–H and O–H groups in total. The zero-order valence-corrected chi connectivity index (χ0v) is 13.3. The Morgan fingerprint density at radius 2 is 1.95 bits per heavy atom. The Balaban J connectivity index is 2.11. The van der Waals surface area contributed by atoms with Crippen molar-refractivity contribution in [2.75, 3.05) is 11.9 Å². The first-order valence-electron chi connectivity index (χ1n) is 6.74.